The van der Waals surface area contributed by atoms with Gasteiger partial charge in [0.25, 0.3) is 11.8 Å². The van der Waals surface area contributed by atoms with Crippen LogP contribution in [0.4, 0.5) is 0 Å². The standard InChI is InChI=1S/C22H27ClN2O4/c1-13(14-9-10-18(28-3)17(23)11-14)20-16(12-19(29-20)22(27)24-2)21(26)25-15-7-5-4-6-8-15/h9-13,15H,4-8H2,1-3H3,(H,24,27)(H,25,26). The average molecular weight is 419 g/mol. The van der Waals surface area contributed by atoms with Gasteiger partial charge in [0.05, 0.1) is 17.7 Å². The van der Waals surface area contributed by atoms with E-state index in [1.807, 2.05) is 13.0 Å². The molecule has 1 aromatic carbocycles. The molecule has 1 unspecified atom stereocenters. The minimum atomic E-state index is -0.372. The van der Waals surface area contributed by atoms with Crippen LogP contribution in [0.2, 0.25) is 5.02 Å². The molecule has 1 atom stereocenters. The Bertz CT molecular complexity index is 887. The number of carbonyl (C=O) groups excluding carboxylic acids is 2. The summed E-state index contributed by atoms with van der Waals surface area (Å²) < 4.78 is 11.1. The summed E-state index contributed by atoms with van der Waals surface area (Å²) in [4.78, 5) is 25.1. The van der Waals surface area contributed by atoms with E-state index in [2.05, 4.69) is 10.6 Å². The van der Waals surface area contributed by atoms with Crippen molar-refractivity contribution in [3.63, 3.8) is 0 Å². The van der Waals surface area contributed by atoms with Crippen molar-refractivity contribution >= 4 is 23.4 Å². The van der Waals surface area contributed by atoms with Gasteiger partial charge in [-0.1, -0.05) is 43.9 Å². The van der Waals surface area contributed by atoms with Crippen LogP contribution < -0.4 is 15.4 Å². The van der Waals surface area contributed by atoms with E-state index in [1.165, 1.54) is 19.5 Å². The van der Waals surface area contributed by atoms with Crippen molar-refractivity contribution in [2.45, 2.75) is 51.0 Å². The smallest absolute Gasteiger partial charge is 0.286 e. The summed E-state index contributed by atoms with van der Waals surface area (Å²) in [5, 5.41) is 6.12. The predicted octanol–water partition coefficient (Wildman–Crippen LogP) is 4.52. The fraction of sp³-hybridized carbons (Fsp3) is 0.455. The molecule has 29 heavy (non-hydrogen) atoms. The van der Waals surface area contributed by atoms with Gasteiger partial charge in [-0.15, -0.1) is 0 Å². The lowest BCUT2D eigenvalue weighted by atomic mass is 9.93. The van der Waals surface area contributed by atoms with E-state index in [4.69, 9.17) is 20.8 Å². The lowest BCUT2D eigenvalue weighted by molar-refractivity contribution is 0.0918. The Labute approximate surface area is 175 Å². The van der Waals surface area contributed by atoms with Crippen LogP contribution in [-0.2, 0) is 0 Å². The maximum atomic E-state index is 13.0. The molecule has 1 aliphatic carbocycles. The largest absolute Gasteiger partial charge is 0.495 e. The second-order valence-corrected chi connectivity index (χ2v) is 7.80. The molecule has 6 nitrogen and oxygen atoms in total. The molecule has 0 bridgehead atoms. The van der Waals surface area contributed by atoms with Gasteiger partial charge in [-0.05, 0) is 30.5 Å². The number of hydrogen-bond donors (Lipinski definition) is 2. The second-order valence-electron chi connectivity index (χ2n) is 7.39. The zero-order valence-corrected chi connectivity index (χ0v) is 17.8. The number of benzene rings is 1. The molecule has 2 amide bonds. The Morgan fingerprint density at radius 3 is 2.52 bits per heavy atom. The van der Waals surface area contributed by atoms with Crippen LogP contribution >= 0.6 is 11.6 Å². The van der Waals surface area contributed by atoms with Crippen molar-refractivity contribution in [1.29, 1.82) is 0 Å². The Kier molecular flexibility index (Phi) is 6.85. The van der Waals surface area contributed by atoms with Crippen LogP contribution in [0.15, 0.2) is 28.7 Å². The number of amides is 2. The van der Waals surface area contributed by atoms with Crippen molar-refractivity contribution < 1.29 is 18.7 Å². The Morgan fingerprint density at radius 2 is 1.90 bits per heavy atom. The molecule has 2 aromatic rings. The van der Waals surface area contributed by atoms with Crippen LogP contribution in [-0.4, -0.2) is 32.0 Å². The lowest BCUT2D eigenvalue weighted by Gasteiger charge is -2.23. The third-order valence-electron chi connectivity index (χ3n) is 5.47. The van der Waals surface area contributed by atoms with E-state index < -0.39 is 0 Å². The fourth-order valence-corrected chi connectivity index (χ4v) is 4.02. The van der Waals surface area contributed by atoms with Crippen LogP contribution in [0, 0.1) is 0 Å². The van der Waals surface area contributed by atoms with Gasteiger partial charge in [-0.3, -0.25) is 9.59 Å². The average Bonchev–Trinajstić information content (AvgIpc) is 3.19. The topological polar surface area (TPSA) is 80.6 Å². The third kappa shape index (κ3) is 4.75. The molecule has 1 aliphatic rings. The highest BCUT2D eigenvalue weighted by atomic mass is 35.5. The molecule has 1 saturated carbocycles. The highest BCUT2D eigenvalue weighted by Crippen LogP contribution is 2.34. The number of furan rings is 1. The predicted molar refractivity (Wildman–Crippen MR) is 112 cm³/mol. The number of ether oxygens (including phenoxy) is 1. The SMILES string of the molecule is CNC(=O)c1cc(C(=O)NC2CCCCC2)c(C(C)c2ccc(OC)c(Cl)c2)o1. The summed E-state index contributed by atoms with van der Waals surface area (Å²) in [6, 6.07) is 7.12. The van der Waals surface area contributed by atoms with Crippen molar-refractivity contribution in [3.05, 3.63) is 51.9 Å². The number of carbonyl (C=O) groups is 2. The highest BCUT2D eigenvalue weighted by Gasteiger charge is 2.27. The Hall–Kier alpha value is -2.47. The van der Waals surface area contributed by atoms with Crippen molar-refractivity contribution in [3.8, 4) is 5.75 Å². The number of nitrogens with one attached hydrogen (secondary N) is 2. The third-order valence-corrected chi connectivity index (χ3v) is 5.76. The molecule has 1 fully saturated rings. The quantitative estimate of drug-likeness (QED) is 0.722. The molecule has 0 spiro atoms. The van der Waals surface area contributed by atoms with Gasteiger partial charge >= 0.3 is 0 Å². The molecule has 1 aromatic heterocycles. The molecule has 0 aliphatic heterocycles. The lowest BCUT2D eigenvalue weighted by Crippen LogP contribution is -2.36. The van der Waals surface area contributed by atoms with Gasteiger partial charge in [-0.2, -0.15) is 0 Å². The van der Waals surface area contributed by atoms with Crippen molar-refractivity contribution in [1.82, 2.24) is 10.6 Å². The first-order valence-electron chi connectivity index (χ1n) is 9.94. The monoisotopic (exact) mass is 418 g/mol. The van der Waals surface area contributed by atoms with E-state index in [0.717, 1.165) is 31.2 Å². The van der Waals surface area contributed by atoms with Gasteiger partial charge in [0.1, 0.15) is 11.5 Å². The molecule has 156 valence electrons. The van der Waals surface area contributed by atoms with Crippen LogP contribution in [0.3, 0.4) is 0 Å². The summed E-state index contributed by atoms with van der Waals surface area (Å²) in [5.41, 5.74) is 1.24. The number of halogens is 1. The maximum Gasteiger partial charge on any atom is 0.286 e. The van der Waals surface area contributed by atoms with E-state index in [-0.39, 0.29) is 29.5 Å². The zero-order valence-electron chi connectivity index (χ0n) is 17.0. The van der Waals surface area contributed by atoms with Crippen LogP contribution in [0.25, 0.3) is 0 Å². The first-order valence-corrected chi connectivity index (χ1v) is 10.3. The number of methoxy groups -OCH3 is 1. The van der Waals surface area contributed by atoms with E-state index in [1.54, 1.807) is 19.2 Å². The molecule has 0 radical (unpaired) electrons. The zero-order chi connectivity index (χ0) is 21.0. The Balaban J connectivity index is 1.93. The molecule has 0 saturated heterocycles. The first kappa shape index (κ1) is 21.2. The number of rotatable bonds is 6. The van der Waals surface area contributed by atoms with Gasteiger partial charge in [-0.25, -0.2) is 0 Å². The van der Waals surface area contributed by atoms with Crippen LogP contribution in [0.1, 0.15) is 77.2 Å². The minimum absolute atomic E-state index is 0.114. The Morgan fingerprint density at radius 1 is 1.17 bits per heavy atom. The van der Waals surface area contributed by atoms with E-state index >= 15 is 0 Å². The molecule has 2 N–H and O–H groups in total. The van der Waals surface area contributed by atoms with Crippen molar-refractivity contribution in [2.75, 3.05) is 14.2 Å². The summed E-state index contributed by atoms with van der Waals surface area (Å²) in [6.07, 6.45) is 5.40. The van der Waals surface area contributed by atoms with Gasteiger partial charge < -0.3 is 19.8 Å². The van der Waals surface area contributed by atoms with Crippen LogP contribution in [0.5, 0.6) is 5.75 Å². The highest BCUT2D eigenvalue weighted by molar-refractivity contribution is 6.32. The first-order chi connectivity index (χ1) is 13.9. The van der Waals surface area contributed by atoms with Crippen molar-refractivity contribution in [2.24, 2.45) is 0 Å². The fourth-order valence-electron chi connectivity index (χ4n) is 3.75. The van der Waals surface area contributed by atoms with E-state index in [9.17, 15) is 9.59 Å². The minimum Gasteiger partial charge on any atom is -0.495 e. The molecule has 1 heterocycles. The summed E-state index contributed by atoms with van der Waals surface area (Å²) in [7, 11) is 3.08. The summed E-state index contributed by atoms with van der Waals surface area (Å²) >= 11 is 6.27. The van der Waals surface area contributed by atoms with E-state index in [0.29, 0.717) is 22.1 Å². The normalized spacial score (nSPS) is 15.6. The van der Waals surface area contributed by atoms with Gasteiger partial charge in [0.2, 0.25) is 0 Å². The second kappa shape index (κ2) is 9.35. The summed E-state index contributed by atoms with van der Waals surface area (Å²) in [5.74, 6) is 0.272. The van der Waals surface area contributed by atoms with Gasteiger partial charge in [0, 0.05) is 25.1 Å². The number of hydrogen-bond acceptors (Lipinski definition) is 4. The summed E-state index contributed by atoms with van der Waals surface area (Å²) in [6.45, 7) is 1.92. The maximum absolute atomic E-state index is 13.0. The molecular weight excluding hydrogens is 392 g/mol. The molecule has 7 heteroatoms. The van der Waals surface area contributed by atoms with Gasteiger partial charge in [0.15, 0.2) is 5.76 Å². The molecule has 3 rings (SSSR count). The molecular formula is C22H27ClN2O4.